The first-order valence-electron chi connectivity index (χ1n) is 11.7. The van der Waals surface area contributed by atoms with Crippen LogP contribution in [0.2, 0.25) is 0 Å². The fraction of sp³-hybridized carbons (Fsp3) is 0.296. The number of nitrogens with zero attached hydrogens (tertiary/aromatic N) is 3. The van der Waals surface area contributed by atoms with E-state index in [9.17, 15) is 4.79 Å². The lowest BCUT2D eigenvalue weighted by atomic mass is 9.97. The monoisotopic (exact) mass is 470 g/mol. The van der Waals surface area contributed by atoms with E-state index in [1.54, 1.807) is 11.3 Å². The molecule has 34 heavy (non-hydrogen) atoms. The van der Waals surface area contributed by atoms with Crippen molar-refractivity contribution in [2.24, 2.45) is 0 Å². The van der Waals surface area contributed by atoms with Crippen LogP contribution in [0, 0.1) is 13.8 Å². The highest BCUT2D eigenvalue weighted by Gasteiger charge is 2.25. The Labute approximate surface area is 201 Å². The molecule has 1 N–H and O–H groups in total. The molecule has 1 saturated heterocycles. The molecule has 172 valence electrons. The molecule has 0 bridgehead atoms. The SMILES string of the molecule is Cc1ccc(-c2c(C)sc3nc(CN4CCC(c5nc6ccccc6o5)CC4)[nH]c(=O)c23)cc1. The zero-order chi connectivity index (χ0) is 23.2. The number of H-pyrrole nitrogens is 1. The van der Waals surface area contributed by atoms with E-state index in [4.69, 9.17) is 9.40 Å². The number of thiophene rings is 1. The second-order valence-corrected chi connectivity index (χ2v) is 10.4. The molecule has 0 saturated carbocycles. The first-order chi connectivity index (χ1) is 16.5. The van der Waals surface area contributed by atoms with Gasteiger partial charge in [0.25, 0.3) is 5.56 Å². The summed E-state index contributed by atoms with van der Waals surface area (Å²) in [7, 11) is 0. The first-order valence-corrected chi connectivity index (χ1v) is 12.5. The van der Waals surface area contributed by atoms with Gasteiger partial charge < -0.3 is 9.40 Å². The molecule has 0 amide bonds. The third-order valence-electron chi connectivity index (χ3n) is 6.75. The van der Waals surface area contributed by atoms with Crippen molar-refractivity contribution in [3.63, 3.8) is 0 Å². The molecule has 1 fully saturated rings. The molecule has 1 aliphatic rings. The summed E-state index contributed by atoms with van der Waals surface area (Å²) in [6.45, 7) is 6.62. The van der Waals surface area contributed by atoms with Crippen LogP contribution in [0.1, 0.15) is 40.9 Å². The number of hydrogen-bond donors (Lipinski definition) is 1. The number of nitrogens with one attached hydrogen (secondary N) is 1. The third kappa shape index (κ3) is 3.85. The predicted octanol–water partition coefficient (Wildman–Crippen LogP) is 5.79. The highest BCUT2D eigenvalue weighted by molar-refractivity contribution is 7.19. The number of oxazole rings is 1. The van der Waals surface area contributed by atoms with Crippen LogP contribution in [0.3, 0.4) is 0 Å². The normalized spacial score (nSPS) is 15.5. The van der Waals surface area contributed by atoms with Gasteiger partial charge >= 0.3 is 0 Å². The average molecular weight is 471 g/mol. The Hall–Kier alpha value is -3.29. The van der Waals surface area contributed by atoms with Gasteiger partial charge in [0.1, 0.15) is 16.2 Å². The Kier molecular flexibility index (Phi) is 5.31. The van der Waals surface area contributed by atoms with Gasteiger partial charge in [-0.1, -0.05) is 42.0 Å². The Morgan fingerprint density at radius 3 is 2.59 bits per heavy atom. The van der Waals surface area contributed by atoms with E-state index in [2.05, 4.69) is 53.0 Å². The predicted molar refractivity (Wildman–Crippen MR) is 136 cm³/mol. The summed E-state index contributed by atoms with van der Waals surface area (Å²) in [5.74, 6) is 1.90. The average Bonchev–Trinajstić information content (AvgIpc) is 3.41. The van der Waals surface area contributed by atoms with Crippen molar-refractivity contribution in [3.05, 3.63) is 81.0 Å². The van der Waals surface area contributed by atoms with E-state index in [0.717, 1.165) is 69.6 Å². The van der Waals surface area contributed by atoms with Crippen LogP contribution in [0.4, 0.5) is 0 Å². The molecular formula is C27H26N4O2S. The molecule has 4 heterocycles. The highest BCUT2D eigenvalue weighted by atomic mass is 32.1. The molecule has 3 aromatic heterocycles. The van der Waals surface area contributed by atoms with E-state index in [0.29, 0.717) is 17.8 Å². The first kappa shape index (κ1) is 21.3. The number of benzene rings is 2. The molecule has 1 aliphatic heterocycles. The summed E-state index contributed by atoms with van der Waals surface area (Å²) in [5.41, 5.74) is 4.99. The van der Waals surface area contributed by atoms with Crippen molar-refractivity contribution in [1.82, 2.24) is 19.9 Å². The third-order valence-corrected chi connectivity index (χ3v) is 7.75. The fourth-order valence-electron chi connectivity index (χ4n) is 4.92. The van der Waals surface area contributed by atoms with Gasteiger partial charge in [-0.2, -0.15) is 0 Å². The molecule has 0 radical (unpaired) electrons. The molecule has 5 aromatic rings. The number of likely N-dealkylation sites (tertiary alicyclic amines) is 1. The number of fused-ring (bicyclic) bond motifs is 2. The van der Waals surface area contributed by atoms with Crippen LogP contribution in [0.15, 0.2) is 57.7 Å². The van der Waals surface area contributed by atoms with Crippen LogP contribution in [0.25, 0.3) is 32.4 Å². The Morgan fingerprint density at radius 2 is 1.82 bits per heavy atom. The van der Waals surface area contributed by atoms with Crippen molar-refractivity contribution >= 4 is 32.7 Å². The smallest absolute Gasteiger partial charge is 0.260 e. The number of aromatic amines is 1. The summed E-state index contributed by atoms with van der Waals surface area (Å²) in [6, 6.07) is 16.2. The quantitative estimate of drug-likeness (QED) is 0.360. The Balaban J connectivity index is 1.20. The summed E-state index contributed by atoms with van der Waals surface area (Å²) in [6.07, 6.45) is 1.96. The van der Waals surface area contributed by atoms with Crippen LogP contribution in [-0.4, -0.2) is 32.9 Å². The van der Waals surface area contributed by atoms with E-state index < -0.39 is 0 Å². The number of aryl methyl sites for hydroxylation is 2. The Bertz CT molecular complexity index is 1510. The summed E-state index contributed by atoms with van der Waals surface area (Å²) in [5, 5.41) is 0.699. The van der Waals surface area contributed by atoms with Crippen LogP contribution in [0.5, 0.6) is 0 Å². The Morgan fingerprint density at radius 1 is 1.06 bits per heavy atom. The summed E-state index contributed by atoms with van der Waals surface area (Å²) in [4.78, 5) is 30.0. The van der Waals surface area contributed by atoms with E-state index in [-0.39, 0.29) is 5.56 Å². The maximum atomic E-state index is 13.1. The fourth-order valence-corrected chi connectivity index (χ4v) is 5.99. The minimum absolute atomic E-state index is 0.0544. The second-order valence-electron chi connectivity index (χ2n) is 9.16. The number of aromatic nitrogens is 3. The van der Waals surface area contributed by atoms with Gasteiger partial charge in [-0.15, -0.1) is 11.3 Å². The van der Waals surface area contributed by atoms with Gasteiger partial charge in [-0.05, 0) is 57.5 Å². The van der Waals surface area contributed by atoms with Gasteiger partial charge in [0.15, 0.2) is 11.5 Å². The lowest BCUT2D eigenvalue weighted by Crippen LogP contribution is -2.33. The molecule has 6 nitrogen and oxygen atoms in total. The van der Waals surface area contributed by atoms with E-state index in [1.807, 2.05) is 24.3 Å². The van der Waals surface area contributed by atoms with Gasteiger partial charge in [0.05, 0.1) is 11.9 Å². The van der Waals surface area contributed by atoms with Gasteiger partial charge in [-0.25, -0.2) is 9.97 Å². The van der Waals surface area contributed by atoms with Crippen LogP contribution in [-0.2, 0) is 6.54 Å². The molecular weight excluding hydrogens is 444 g/mol. The lowest BCUT2D eigenvalue weighted by Gasteiger charge is -2.29. The topological polar surface area (TPSA) is 75.0 Å². The molecule has 7 heteroatoms. The number of hydrogen-bond acceptors (Lipinski definition) is 6. The zero-order valence-corrected chi connectivity index (χ0v) is 20.1. The largest absolute Gasteiger partial charge is 0.440 e. The van der Waals surface area contributed by atoms with Gasteiger partial charge in [0.2, 0.25) is 0 Å². The van der Waals surface area contributed by atoms with Crippen LogP contribution >= 0.6 is 11.3 Å². The molecule has 0 aliphatic carbocycles. The minimum atomic E-state index is -0.0544. The van der Waals surface area contributed by atoms with Crippen molar-refractivity contribution in [2.45, 2.75) is 39.2 Å². The van der Waals surface area contributed by atoms with Crippen LogP contribution < -0.4 is 5.56 Å². The minimum Gasteiger partial charge on any atom is -0.440 e. The van der Waals surface area contributed by atoms with Crippen molar-refractivity contribution in [2.75, 3.05) is 13.1 Å². The maximum Gasteiger partial charge on any atom is 0.260 e. The summed E-state index contributed by atoms with van der Waals surface area (Å²) >= 11 is 1.60. The number of rotatable bonds is 4. The highest BCUT2D eigenvalue weighted by Crippen LogP contribution is 2.36. The lowest BCUT2D eigenvalue weighted by molar-refractivity contribution is 0.190. The van der Waals surface area contributed by atoms with Crippen molar-refractivity contribution < 1.29 is 4.42 Å². The number of piperidine rings is 1. The zero-order valence-electron chi connectivity index (χ0n) is 19.3. The van der Waals surface area contributed by atoms with Gasteiger partial charge in [-0.3, -0.25) is 9.69 Å². The molecule has 2 aromatic carbocycles. The number of para-hydroxylation sites is 2. The molecule has 0 spiro atoms. The van der Waals surface area contributed by atoms with E-state index in [1.165, 1.54) is 5.56 Å². The van der Waals surface area contributed by atoms with E-state index >= 15 is 0 Å². The molecule has 0 unspecified atom stereocenters. The standard InChI is InChI=1S/C27H26N4O2S/c1-16-7-9-18(10-8-16)23-17(2)34-27-24(23)25(32)29-22(30-27)15-31-13-11-19(12-14-31)26-28-20-5-3-4-6-21(20)33-26/h3-10,19H,11-15H2,1-2H3,(H,29,30,32). The summed E-state index contributed by atoms with van der Waals surface area (Å²) < 4.78 is 5.99. The van der Waals surface area contributed by atoms with Gasteiger partial charge in [0, 0.05) is 16.4 Å². The molecule has 6 rings (SSSR count). The molecule has 0 atom stereocenters. The van der Waals surface area contributed by atoms with Crippen molar-refractivity contribution in [3.8, 4) is 11.1 Å². The maximum absolute atomic E-state index is 13.1. The van der Waals surface area contributed by atoms with Crippen molar-refractivity contribution in [1.29, 1.82) is 0 Å². The second kappa shape index (κ2) is 8.49.